The van der Waals surface area contributed by atoms with Crippen molar-refractivity contribution < 1.29 is 27.4 Å². The van der Waals surface area contributed by atoms with E-state index in [0.29, 0.717) is 16.9 Å². The zero-order valence-electron chi connectivity index (χ0n) is 19.1. The lowest BCUT2D eigenvalue weighted by Crippen LogP contribution is -2.25. The lowest BCUT2D eigenvalue weighted by Gasteiger charge is -2.23. The quantitative estimate of drug-likeness (QED) is 0.185. The van der Waals surface area contributed by atoms with E-state index in [2.05, 4.69) is 10.6 Å². The fourth-order valence-electron chi connectivity index (χ4n) is 4.19. The van der Waals surface area contributed by atoms with Crippen LogP contribution in [0.15, 0.2) is 89.8 Å². The number of carbonyl (C=O) groups is 3. The van der Waals surface area contributed by atoms with Crippen LogP contribution in [0.25, 0.3) is 0 Å². The summed E-state index contributed by atoms with van der Waals surface area (Å²) in [6.07, 6.45) is 0. The molecule has 5 rings (SSSR count). The fourth-order valence-corrected chi connectivity index (χ4v) is 4.84. The van der Waals surface area contributed by atoms with Gasteiger partial charge in [-0.1, -0.05) is 49.9 Å². The molecule has 0 radical (unpaired) electrons. The topological polar surface area (TPSA) is 156 Å². The second kappa shape index (κ2) is 9.92. The van der Waals surface area contributed by atoms with E-state index < -0.39 is 32.3 Å². The molecule has 9 nitrogen and oxygen atoms in total. The van der Waals surface area contributed by atoms with Crippen LogP contribution in [0.1, 0.15) is 49.6 Å². The van der Waals surface area contributed by atoms with Gasteiger partial charge in [0.15, 0.2) is 11.6 Å². The number of ketones is 2. The summed E-state index contributed by atoms with van der Waals surface area (Å²) in [4.78, 5) is 38.3. The number of carbonyl (C=O) groups excluding carboxylic acids is 3. The molecular weight excluding hydrogens is 506 g/mol. The van der Waals surface area contributed by atoms with Crippen LogP contribution in [0.5, 0.6) is 0 Å². The molecule has 4 aromatic rings. The Bertz CT molecular complexity index is 1700. The first-order valence-electron chi connectivity index (χ1n) is 11.0. The van der Waals surface area contributed by atoms with Crippen LogP contribution in [-0.4, -0.2) is 30.4 Å². The van der Waals surface area contributed by atoms with Gasteiger partial charge in [-0.2, -0.15) is 8.42 Å². The molecule has 0 spiro atoms. The van der Waals surface area contributed by atoms with Gasteiger partial charge >= 0.3 is 0 Å². The van der Waals surface area contributed by atoms with Crippen molar-refractivity contribution in [2.75, 3.05) is 16.4 Å². The number of anilines is 4. The number of hydrogen-bond acceptors (Lipinski definition) is 7. The van der Waals surface area contributed by atoms with Crippen molar-refractivity contribution in [1.82, 2.24) is 0 Å². The van der Waals surface area contributed by atoms with Crippen LogP contribution < -0.4 is 16.4 Å². The highest BCUT2D eigenvalue weighted by Gasteiger charge is 2.36. The van der Waals surface area contributed by atoms with Crippen LogP contribution in [0.3, 0.4) is 0 Å². The Labute approximate surface area is 219 Å². The van der Waals surface area contributed by atoms with E-state index in [9.17, 15) is 27.4 Å². The number of nitrogen functional groups attached to an aromatic ring is 1. The normalized spacial score (nSPS) is 12.1. The van der Waals surface area contributed by atoms with Gasteiger partial charge in [0, 0.05) is 28.1 Å². The minimum atomic E-state index is -4.82. The molecule has 1 aliphatic carbocycles. The third kappa shape index (κ3) is 4.65. The average molecular weight is 530 g/mol. The molecule has 0 saturated heterocycles. The average Bonchev–Trinajstić information content (AvgIpc) is 2.89. The Kier molecular flexibility index (Phi) is 6.86. The van der Waals surface area contributed by atoms with Gasteiger partial charge in [0.05, 0.1) is 22.5 Å². The van der Waals surface area contributed by atoms with Crippen LogP contribution in [0.4, 0.5) is 22.7 Å². The van der Waals surface area contributed by atoms with Gasteiger partial charge in [0.2, 0.25) is 0 Å². The summed E-state index contributed by atoms with van der Waals surface area (Å²) in [6, 6.07) is 22.2. The maximum absolute atomic E-state index is 13.4. The maximum Gasteiger partial charge on any atom is 0.296 e. The predicted octanol–water partition coefficient (Wildman–Crippen LogP) is 4.92. The molecule has 192 valence electrons. The van der Waals surface area contributed by atoms with Gasteiger partial charge in [-0.15, -0.1) is 0 Å². The van der Waals surface area contributed by atoms with Gasteiger partial charge in [-0.3, -0.25) is 18.9 Å². The molecule has 0 aromatic heterocycles. The highest BCUT2D eigenvalue weighted by atomic mass is 32.2. The molecular formula is C28H23N3O6S. The minimum absolute atomic E-state index is 0. The standard InChI is InChI=1S/C27H19N3O6S.CH4/c28-24-21(37(34,35)36)14-20(22-23(24)26(32)19-9-5-4-8-18(19)25(22)31)29-16-10-12-17(13-11-16)30-27(33)15-6-2-1-3-7-15;/h1-14,29H,28H2,(H,30,33)(H,34,35,36);1H4. The van der Waals surface area contributed by atoms with Gasteiger partial charge in [-0.25, -0.2) is 0 Å². The number of rotatable bonds is 5. The molecule has 0 bridgehead atoms. The molecule has 0 aliphatic heterocycles. The van der Waals surface area contributed by atoms with Crippen LogP contribution in [-0.2, 0) is 10.1 Å². The molecule has 10 heteroatoms. The monoisotopic (exact) mass is 529 g/mol. The number of benzene rings is 4. The van der Waals surface area contributed by atoms with E-state index in [1.807, 2.05) is 0 Å². The van der Waals surface area contributed by atoms with Crippen molar-refractivity contribution in [3.05, 3.63) is 113 Å². The summed E-state index contributed by atoms with van der Waals surface area (Å²) in [5, 5.41) is 5.71. The van der Waals surface area contributed by atoms with E-state index in [1.54, 1.807) is 66.7 Å². The molecule has 0 saturated carbocycles. The van der Waals surface area contributed by atoms with Crippen molar-refractivity contribution in [3.63, 3.8) is 0 Å². The highest BCUT2D eigenvalue weighted by Crippen LogP contribution is 2.40. The largest absolute Gasteiger partial charge is 0.397 e. The summed E-state index contributed by atoms with van der Waals surface area (Å²) >= 11 is 0. The Morgan fingerprint density at radius 1 is 0.763 bits per heavy atom. The molecule has 4 aromatic carbocycles. The summed E-state index contributed by atoms with van der Waals surface area (Å²) in [7, 11) is -4.82. The Hall–Kier alpha value is -4.80. The third-order valence-electron chi connectivity index (χ3n) is 5.94. The molecule has 0 heterocycles. The molecule has 0 unspecified atom stereocenters. The van der Waals surface area contributed by atoms with Crippen molar-refractivity contribution in [2.45, 2.75) is 12.3 Å². The van der Waals surface area contributed by atoms with Crippen molar-refractivity contribution >= 4 is 50.3 Å². The Morgan fingerprint density at radius 2 is 1.29 bits per heavy atom. The first kappa shape index (κ1) is 26.3. The summed E-state index contributed by atoms with van der Waals surface area (Å²) in [5.41, 5.74) is 6.71. The van der Waals surface area contributed by atoms with Crippen molar-refractivity contribution in [1.29, 1.82) is 0 Å². The van der Waals surface area contributed by atoms with Gasteiger partial charge < -0.3 is 16.4 Å². The summed E-state index contributed by atoms with van der Waals surface area (Å²) in [6.45, 7) is 0. The molecule has 5 N–H and O–H groups in total. The van der Waals surface area contributed by atoms with Crippen LogP contribution >= 0.6 is 0 Å². The lowest BCUT2D eigenvalue weighted by atomic mass is 9.82. The van der Waals surface area contributed by atoms with E-state index in [4.69, 9.17) is 5.73 Å². The predicted molar refractivity (Wildman–Crippen MR) is 145 cm³/mol. The fraction of sp³-hybridized carbons (Fsp3) is 0.0357. The SMILES string of the molecule is C.Nc1c(S(=O)(=O)O)cc(Nc2ccc(NC(=O)c3ccccc3)cc2)c2c1C(=O)c1ccccc1C2=O. The smallest absolute Gasteiger partial charge is 0.296 e. The number of fused-ring (bicyclic) bond motifs is 2. The molecule has 0 fully saturated rings. The Balaban J connectivity index is 0.00000336. The van der Waals surface area contributed by atoms with Gasteiger partial charge in [0.1, 0.15) is 4.90 Å². The minimum Gasteiger partial charge on any atom is -0.397 e. The molecule has 1 aliphatic rings. The van der Waals surface area contributed by atoms with Crippen molar-refractivity contribution in [3.8, 4) is 0 Å². The second-order valence-electron chi connectivity index (χ2n) is 8.29. The number of nitrogens with two attached hydrogens (primary N) is 1. The summed E-state index contributed by atoms with van der Waals surface area (Å²) < 4.78 is 33.9. The zero-order valence-corrected chi connectivity index (χ0v) is 19.9. The first-order chi connectivity index (χ1) is 17.6. The number of amides is 1. The van der Waals surface area contributed by atoms with Crippen LogP contribution in [0, 0.1) is 0 Å². The van der Waals surface area contributed by atoms with Gasteiger partial charge in [0.25, 0.3) is 16.0 Å². The second-order valence-corrected chi connectivity index (χ2v) is 9.68. The van der Waals surface area contributed by atoms with E-state index in [-0.39, 0.29) is 41.3 Å². The van der Waals surface area contributed by atoms with Crippen LogP contribution in [0.2, 0.25) is 0 Å². The van der Waals surface area contributed by atoms with E-state index in [0.717, 1.165) is 6.07 Å². The maximum atomic E-state index is 13.4. The van der Waals surface area contributed by atoms with E-state index in [1.165, 1.54) is 12.1 Å². The summed E-state index contributed by atoms with van der Waals surface area (Å²) in [5.74, 6) is -1.45. The van der Waals surface area contributed by atoms with Gasteiger partial charge in [-0.05, 0) is 42.5 Å². The zero-order chi connectivity index (χ0) is 26.3. The third-order valence-corrected chi connectivity index (χ3v) is 6.83. The lowest BCUT2D eigenvalue weighted by molar-refractivity contribution is 0.0980. The van der Waals surface area contributed by atoms with E-state index >= 15 is 0 Å². The molecule has 0 atom stereocenters. The molecule has 38 heavy (non-hydrogen) atoms. The highest BCUT2D eigenvalue weighted by molar-refractivity contribution is 7.86. The first-order valence-corrected chi connectivity index (χ1v) is 12.4. The number of nitrogens with one attached hydrogen (secondary N) is 2. The number of hydrogen-bond donors (Lipinski definition) is 4. The Morgan fingerprint density at radius 3 is 1.87 bits per heavy atom. The molecule has 1 amide bonds. The van der Waals surface area contributed by atoms with Crippen molar-refractivity contribution in [2.24, 2.45) is 0 Å².